The highest BCUT2D eigenvalue weighted by atomic mass is 16.2. The predicted molar refractivity (Wildman–Crippen MR) is 74.5 cm³/mol. The second kappa shape index (κ2) is 5.86. The van der Waals surface area contributed by atoms with Gasteiger partial charge >= 0.3 is 0 Å². The van der Waals surface area contributed by atoms with Gasteiger partial charge in [0.15, 0.2) is 0 Å². The van der Waals surface area contributed by atoms with Crippen molar-refractivity contribution < 1.29 is 14.4 Å². The van der Waals surface area contributed by atoms with Gasteiger partial charge in [0.2, 0.25) is 11.8 Å². The number of hydrogen-bond donors (Lipinski definition) is 1. The van der Waals surface area contributed by atoms with Crippen LogP contribution in [0.25, 0.3) is 0 Å². The lowest BCUT2D eigenvalue weighted by atomic mass is 10.0. The van der Waals surface area contributed by atoms with E-state index in [4.69, 9.17) is 0 Å². The van der Waals surface area contributed by atoms with Crippen LogP contribution in [0.4, 0.5) is 0 Å². The lowest BCUT2D eigenvalue weighted by Gasteiger charge is -2.29. The molecule has 0 saturated carbocycles. The van der Waals surface area contributed by atoms with Crippen molar-refractivity contribution in [2.24, 2.45) is 0 Å². The first-order valence-electron chi connectivity index (χ1n) is 6.68. The summed E-state index contributed by atoms with van der Waals surface area (Å²) in [6.45, 7) is 4.11. The summed E-state index contributed by atoms with van der Waals surface area (Å²) in [7, 11) is 0. The molecule has 0 spiro atoms. The molecule has 2 rings (SSSR count). The van der Waals surface area contributed by atoms with Crippen molar-refractivity contribution in [1.29, 1.82) is 0 Å². The molecule has 3 amide bonds. The normalized spacial score (nSPS) is 24.4. The minimum Gasteiger partial charge on any atom is -0.323 e. The average Bonchev–Trinajstić information content (AvgIpc) is 2.68. The van der Waals surface area contributed by atoms with E-state index in [1.807, 2.05) is 31.2 Å². The van der Waals surface area contributed by atoms with Crippen LogP contribution >= 0.6 is 0 Å². The molecule has 20 heavy (non-hydrogen) atoms. The number of imide groups is 1. The van der Waals surface area contributed by atoms with Gasteiger partial charge in [-0.2, -0.15) is 0 Å². The maximum Gasteiger partial charge on any atom is 0.250 e. The fraction of sp³-hybridized carbons (Fsp3) is 0.400. The average molecular weight is 274 g/mol. The van der Waals surface area contributed by atoms with Crippen molar-refractivity contribution in [3.63, 3.8) is 0 Å². The standard InChI is InChI=1S/C15H18N2O3/c1-3-4-5-6-11-9-17(15(20)10(11)2)12-7-8-13(18)16-14(12)19/h3-6,12H,7-9H2,1-2H3,(H,16,18,19)/b4-3-,6-5-. The number of piperidine rings is 1. The number of carbonyl (C=O) groups excluding carboxylic acids is 3. The highest BCUT2D eigenvalue weighted by Crippen LogP contribution is 2.25. The number of allylic oxidation sites excluding steroid dienone is 3. The first-order chi connectivity index (χ1) is 9.54. The SMILES string of the molecule is C/C=C\C=C/C1=C(C)C(=O)N(C2CCC(=O)NC2=O)C1. The Morgan fingerprint density at radius 1 is 1.25 bits per heavy atom. The second-order valence-electron chi connectivity index (χ2n) is 4.94. The topological polar surface area (TPSA) is 66.5 Å². The minimum absolute atomic E-state index is 0.125. The molecule has 5 heteroatoms. The van der Waals surface area contributed by atoms with E-state index in [-0.39, 0.29) is 24.1 Å². The van der Waals surface area contributed by atoms with Crippen LogP contribution in [0.3, 0.4) is 0 Å². The van der Waals surface area contributed by atoms with Gasteiger partial charge in [-0.1, -0.05) is 24.3 Å². The highest BCUT2D eigenvalue weighted by molar-refractivity contribution is 6.05. The third-order valence-electron chi connectivity index (χ3n) is 3.59. The summed E-state index contributed by atoms with van der Waals surface area (Å²) in [6.07, 6.45) is 8.23. The Bertz CT molecular complexity index is 543. The smallest absolute Gasteiger partial charge is 0.250 e. The van der Waals surface area contributed by atoms with E-state index in [9.17, 15) is 14.4 Å². The monoisotopic (exact) mass is 274 g/mol. The molecule has 1 N–H and O–H groups in total. The Labute approximate surface area is 118 Å². The molecule has 5 nitrogen and oxygen atoms in total. The molecule has 1 fully saturated rings. The first-order valence-corrected chi connectivity index (χ1v) is 6.68. The largest absolute Gasteiger partial charge is 0.323 e. The van der Waals surface area contributed by atoms with Crippen molar-refractivity contribution in [3.8, 4) is 0 Å². The quantitative estimate of drug-likeness (QED) is 0.618. The fourth-order valence-electron chi connectivity index (χ4n) is 2.42. The molecule has 1 unspecified atom stereocenters. The summed E-state index contributed by atoms with van der Waals surface area (Å²) in [5.74, 6) is -0.767. The third kappa shape index (κ3) is 2.71. The van der Waals surface area contributed by atoms with E-state index < -0.39 is 6.04 Å². The van der Waals surface area contributed by atoms with Gasteiger partial charge in [0.1, 0.15) is 6.04 Å². The van der Waals surface area contributed by atoms with Gasteiger partial charge in [0.25, 0.3) is 5.91 Å². The second-order valence-corrected chi connectivity index (χ2v) is 4.94. The van der Waals surface area contributed by atoms with E-state index in [1.165, 1.54) is 0 Å². The highest BCUT2D eigenvalue weighted by Gasteiger charge is 2.38. The molecule has 2 aliphatic rings. The number of amides is 3. The molecule has 0 aromatic rings. The van der Waals surface area contributed by atoms with Crippen molar-refractivity contribution >= 4 is 17.7 Å². The molecule has 0 bridgehead atoms. The van der Waals surface area contributed by atoms with Crippen LogP contribution in [0.1, 0.15) is 26.7 Å². The number of rotatable bonds is 3. The Hall–Kier alpha value is -2.17. The fourth-order valence-corrected chi connectivity index (χ4v) is 2.42. The molecule has 0 aliphatic carbocycles. The first kappa shape index (κ1) is 14.2. The summed E-state index contributed by atoms with van der Waals surface area (Å²) in [4.78, 5) is 36.8. The number of nitrogens with zero attached hydrogens (tertiary/aromatic N) is 1. The number of carbonyl (C=O) groups is 3. The summed E-state index contributed by atoms with van der Waals surface area (Å²) >= 11 is 0. The van der Waals surface area contributed by atoms with Gasteiger partial charge in [-0.05, 0) is 25.8 Å². The Kier molecular flexibility index (Phi) is 4.17. The van der Waals surface area contributed by atoms with Gasteiger partial charge in [0, 0.05) is 18.5 Å². The van der Waals surface area contributed by atoms with E-state index >= 15 is 0 Å². The van der Waals surface area contributed by atoms with Crippen LogP contribution in [0.15, 0.2) is 35.5 Å². The zero-order chi connectivity index (χ0) is 14.7. The van der Waals surface area contributed by atoms with E-state index in [0.29, 0.717) is 18.5 Å². The molecule has 1 atom stereocenters. The number of nitrogens with one attached hydrogen (secondary N) is 1. The Morgan fingerprint density at radius 3 is 2.65 bits per heavy atom. The molecule has 0 radical (unpaired) electrons. The summed E-state index contributed by atoms with van der Waals surface area (Å²) < 4.78 is 0. The van der Waals surface area contributed by atoms with Crippen LogP contribution in [0, 0.1) is 0 Å². The molecule has 0 aromatic heterocycles. The maximum atomic E-state index is 12.2. The van der Waals surface area contributed by atoms with E-state index in [2.05, 4.69) is 5.32 Å². The molecule has 1 saturated heterocycles. The lowest BCUT2D eigenvalue weighted by Crippen LogP contribution is -2.53. The number of hydrogen-bond acceptors (Lipinski definition) is 3. The van der Waals surface area contributed by atoms with E-state index in [0.717, 1.165) is 5.57 Å². The summed E-state index contributed by atoms with van der Waals surface area (Å²) in [5.41, 5.74) is 1.58. The summed E-state index contributed by atoms with van der Waals surface area (Å²) in [6, 6.07) is -0.539. The lowest BCUT2D eigenvalue weighted by molar-refractivity contribution is -0.142. The molecular formula is C15H18N2O3. The van der Waals surface area contributed by atoms with Crippen LogP contribution in [-0.4, -0.2) is 35.2 Å². The third-order valence-corrected chi connectivity index (χ3v) is 3.59. The van der Waals surface area contributed by atoms with Gasteiger partial charge in [-0.15, -0.1) is 0 Å². The van der Waals surface area contributed by atoms with Crippen LogP contribution < -0.4 is 5.32 Å². The van der Waals surface area contributed by atoms with E-state index in [1.54, 1.807) is 11.8 Å². The minimum atomic E-state index is -0.539. The zero-order valence-corrected chi connectivity index (χ0v) is 11.7. The van der Waals surface area contributed by atoms with Gasteiger partial charge < -0.3 is 4.90 Å². The van der Waals surface area contributed by atoms with Crippen molar-refractivity contribution in [2.75, 3.05) is 6.54 Å². The predicted octanol–water partition coefficient (Wildman–Crippen LogP) is 1.08. The summed E-state index contributed by atoms with van der Waals surface area (Å²) in [5, 5.41) is 2.29. The Morgan fingerprint density at radius 2 is 2.00 bits per heavy atom. The van der Waals surface area contributed by atoms with Crippen LogP contribution in [-0.2, 0) is 14.4 Å². The van der Waals surface area contributed by atoms with Crippen molar-refractivity contribution in [2.45, 2.75) is 32.7 Å². The molecule has 2 heterocycles. The molecule has 0 aromatic carbocycles. The van der Waals surface area contributed by atoms with Gasteiger partial charge in [-0.25, -0.2) is 0 Å². The van der Waals surface area contributed by atoms with Crippen LogP contribution in [0.5, 0.6) is 0 Å². The Balaban J connectivity index is 2.12. The van der Waals surface area contributed by atoms with Gasteiger partial charge in [0.05, 0.1) is 0 Å². The maximum absolute atomic E-state index is 12.2. The van der Waals surface area contributed by atoms with Crippen LogP contribution in [0.2, 0.25) is 0 Å². The van der Waals surface area contributed by atoms with Crippen molar-refractivity contribution in [3.05, 3.63) is 35.5 Å². The van der Waals surface area contributed by atoms with Crippen molar-refractivity contribution in [1.82, 2.24) is 10.2 Å². The molecule has 2 aliphatic heterocycles. The zero-order valence-electron chi connectivity index (χ0n) is 11.7. The van der Waals surface area contributed by atoms with Gasteiger partial charge in [-0.3, -0.25) is 19.7 Å². The molecular weight excluding hydrogens is 256 g/mol. The molecule has 106 valence electrons.